The third-order valence-corrected chi connectivity index (χ3v) is 9.89. The fourth-order valence-electron chi connectivity index (χ4n) is 4.26. The predicted octanol–water partition coefficient (Wildman–Crippen LogP) is 5.78. The zero-order chi connectivity index (χ0) is 35.7. The van der Waals surface area contributed by atoms with Crippen LogP contribution in [0.15, 0.2) is 58.6 Å². The molecule has 0 amide bonds. The molecule has 0 aliphatic heterocycles. The molecule has 49 heavy (non-hydrogen) atoms. The van der Waals surface area contributed by atoms with E-state index in [1.165, 1.54) is 58.0 Å². The number of pyridine rings is 4. The molecule has 0 saturated carbocycles. The van der Waals surface area contributed by atoms with Crippen LogP contribution < -0.4 is 23.7 Å². The Hall–Kier alpha value is -4.69. The highest BCUT2D eigenvalue weighted by molar-refractivity contribution is 7.93. The third kappa shape index (κ3) is 7.49. The van der Waals surface area contributed by atoms with Crippen LogP contribution in [0.2, 0.25) is 15.5 Å². The molecule has 0 spiro atoms. The Morgan fingerprint density at radius 3 is 1.51 bits per heavy atom. The fraction of sp³-hybridized carbons (Fsp3) is 0.111. The van der Waals surface area contributed by atoms with Crippen molar-refractivity contribution in [3.05, 3.63) is 75.9 Å². The van der Waals surface area contributed by atoms with Crippen LogP contribution in [0.25, 0.3) is 22.1 Å². The van der Waals surface area contributed by atoms with Crippen molar-refractivity contribution in [2.75, 3.05) is 30.8 Å². The maximum atomic E-state index is 13.9. The van der Waals surface area contributed by atoms with Gasteiger partial charge in [-0.3, -0.25) is 9.44 Å². The number of hydrogen-bond donors (Lipinski definition) is 4. The van der Waals surface area contributed by atoms with E-state index in [-0.39, 0.29) is 49.1 Å². The molecule has 0 unspecified atom stereocenters. The number of ether oxygens (including phenoxy) is 3. The van der Waals surface area contributed by atoms with E-state index in [0.717, 1.165) is 12.1 Å². The second kappa shape index (κ2) is 14.0. The Labute approximate surface area is 291 Å². The Morgan fingerprint density at radius 2 is 1.06 bits per heavy atom. The van der Waals surface area contributed by atoms with Gasteiger partial charge in [-0.05, 0) is 24.3 Å². The van der Waals surface area contributed by atoms with Crippen molar-refractivity contribution in [1.29, 1.82) is 0 Å². The second-order valence-corrected chi connectivity index (χ2v) is 13.9. The predicted molar refractivity (Wildman–Crippen MR) is 177 cm³/mol. The molecule has 0 bridgehead atoms. The number of nitrogens with zero attached hydrogens (tertiary/aromatic N) is 4. The van der Waals surface area contributed by atoms with Crippen molar-refractivity contribution < 1.29 is 39.8 Å². The molecule has 0 atom stereocenters. The Balaban J connectivity index is 0.000000191. The lowest BCUT2D eigenvalue weighted by molar-refractivity contribution is 0.346. The van der Waals surface area contributed by atoms with Crippen LogP contribution in [0.1, 0.15) is 0 Å². The molecule has 6 aromatic heterocycles. The summed E-state index contributed by atoms with van der Waals surface area (Å²) in [6.45, 7) is 0. The number of nitrogens with one attached hydrogen (secondary N) is 4. The number of aromatic nitrogens is 6. The number of aromatic amines is 2. The molecule has 4 N–H and O–H groups in total. The smallest absolute Gasteiger partial charge is 0.264 e. The van der Waals surface area contributed by atoms with Gasteiger partial charge in [-0.15, -0.1) is 0 Å². The van der Waals surface area contributed by atoms with Crippen molar-refractivity contribution in [2.24, 2.45) is 0 Å². The maximum Gasteiger partial charge on any atom is 0.264 e. The van der Waals surface area contributed by atoms with E-state index in [0.29, 0.717) is 22.1 Å². The van der Waals surface area contributed by atoms with Crippen LogP contribution in [0.3, 0.4) is 0 Å². The summed E-state index contributed by atoms with van der Waals surface area (Å²) < 4.78 is 97.1. The van der Waals surface area contributed by atoms with Gasteiger partial charge in [-0.25, -0.2) is 35.6 Å². The first kappa shape index (κ1) is 35.6. The van der Waals surface area contributed by atoms with Gasteiger partial charge in [0.2, 0.25) is 11.8 Å². The van der Waals surface area contributed by atoms with Crippen LogP contribution in [0.5, 0.6) is 17.6 Å². The van der Waals surface area contributed by atoms with E-state index in [9.17, 15) is 25.6 Å². The molecule has 0 aromatic carbocycles. The maximum absolute atomic E-state index is 13.9. The Morgan fingerprint density at radius 1 is 0.633 bits per heavy atom. The highest BCUT2D eigenvalue weighted by atomic mass is 35.5. The molecule has 258 valence electrons. The van der Waals surface area contributed by atoms with Crippen molar-refractivity contribution in [3.8, 4) is 17.6 Å². The van der Waals surface area contributed by atoms with Gasteiger partial charge in [-0.2, -0.15) is 9.97 Å². The minimum Gasteiger partial charge on any atom is -0.479 e. The van der Waals surface area contributed by atoms with Crippen LogP contribution in [-0.2, 0) is 20.0 Å². The average molecular weight is 778 g/mol. The minimum absolute atomic E-state index is 0.0788. The van der Waals surface area contributed by atoms with Crippen LogP contribution >= 0.6 is 34.8 Å². The molecule has 6 heterocycles. The first-order chi connectivity index (χ1) is 23.2. The van der Waals surface area contributed by atoms with E-state index in [4.69, 9.17) is 49.0 Å². The summed E-state index contributed by atoms with van der Waals surface area (Å²) in [6, 6.07) is 7.75. The summed E-state index contributed by atoms with van der Waals surface area (Å²) >= 11 is 17.1. The van der Waals surface area contributed by atoms with E-state index < -0.39 is 36.8 Å². The zero-order valence-electron chi connectivity index (χ0n) is 25.0. The Kier molecular flexibility index (Phi) is 10.2. The van der Waals surface area contributed by atoms with Crippen molar-refractivity contribution in [1.82, 2.24) is 29.9 Å². The summed E-state index contributed by atoms with van der Waals surface area (Å²) in [5.74, 6) is -2.34. The SMILES string of the molecule is COc1nc(Cl)c(F)cc1NS(=O)(=O)c1c[nH]c2nc(Cl)ccc12.COc1nc(OC)c(NS(=O)(=O)c2c[nH]c3nc(Cl)ccc23)cc1F. The number of rotatable bonds is 9. The number of hydrogen-bond acceptors (Lipinski definition) is 11. The normalized spacial score (nSPS) is 11.6. The average Bonchev–Trinajstić information content (AvgIpc) is 3.67. The molecule has 0 radical (unpaired) electrons. The molecule has 15 nitrogen and oxygen atoms in total. The molecule has 0 fully saturated rings. The molecule has 6 rings (SSSR count). The van der Waals surface area contributed by atoms with Gasteiger partial charge in [0.15, 0.2) is 16.8 Å². The lowest BCUT2D eigenvalue weighted by Gasteiger charge is -2.12. The topological polar surface area (TPSA) is 203 Å². The highest BCUT2D eigenvalue weighted by Gasteiger charge is 2.25. The molecule has 22 heteroatoms. The standard InChI is InChI=1S/C14H12ClFN4O4S.C13H9Cl2FN4O3S/c1-23-13-8(16)5-9(14(19-13)24-2)20-25(21,22)10-6-17-12-7(10)3-4-11(15)18-12;1-23-13-8(4-7(16)11(15)19-13)20-24(21,22)9-5-17-12-6(9)2-3-10(14)18-12/h3-6,20H,1-2H3,(H,17,18);2-5,20H,1H3,(H,17,18). The molecule has 0 saturated heterocycles. The van der Waals surface area contributed by atoms with Gasteiger partial charge in [0.05, 0.1) is 21.3 Å². The number of methoxy groups -OCH3 is 3. The summed E-state index contributed by atoms with van der Waals surface area (Å²) in [6.07, 6.45) is 2.51. The summed E-state index contributed by atoms with van der Waals surface area (Å²) in [4.78, 5) is 20.6. The van der Waals surface area contributed by atoms with E-state index in [2.05, 4.69) is 39.3 Å². The first-order valence-corrected chi connectivity index (χ1v) is 17.3. The summed E-state index contributed by atoms with van der Waals surface area (Å²) in [5.41, 5.74) is 0.252. The number of halogens is 5. The van der Waals surface area contributed by atoms with Gasteiger partial charge in [0, 0.05) is 35.3 Å². The lowest BCUT2D eigenvalue weighted by atomic mass is 10.3. The zero-order valence-corrected chi connectivity index (χ0v) is 28.9. The summed E-state index contributed by atoms with van der Waals surface area (Å²) in [5, 5.41) is 0.660. The molecular formula is C27H21Cl3F2N8O7S2. The number of fused-ring (bicyclic) bond motifs is 2. The molecule has 6 aromatic rings. The van der Waals surface area contributed by atoms with Crippen molar-refractivity contribution in [3.63, 3.8) is 0 Å². The highest BCUT2D eigenvalue weighted by Crippen LogP contribution is 2.33. The monoisotopic (exact) mass is 776 g/mol. The van der Waals surface area contributed by atoms with Gasteiger partial charge < -0.3 is 24.2 Å². The van der Waals surface area contributed by atoms with Crippen LogP contribution in [0, 0.1) is 11.6 Å². The van der Waals surface area contributed by atoms with Crippen LogP contribution in [0.4, 0.5) is 20.2 Å². The van der Waals surface area contributed by atoms with Gasteiger partial charge in [0.1, 0.15) is 42.8 Å². The number of anilines is 2. The fourth-order valence-corrected chi connectivity index (χ4v) is 7.12. The first-order valence-electron chi connectivity index (χ1n) is 13.2. The minimum atomic E-state index is -4.07. The largest absolute Gasteiger partial charge is 0.479 e. The second-order valence-electron chi connectivity index (χ2n) is 9.43. The van der Waals surface area contributed by atoms with Crippen LogP contribution in [-0.4, -0.2) is 68.1 Å². The molecule has 0 aliphatic carbocycles. The summed E-state index contributed by atoms with van der Waals surface area (Å²) in [7, 11) is -4.37. The quantitative estimate of drug-likeness (QED) is 0.130. The Bertz CT molecular complexity index is 2430. The lowest BCUT2D eigenvalue weighted by Crippen LogP contribution is -2.14. The van der Waals surface area contributed by atoms with Crippen molar-refractivity contribution in [2.45, 2.75) is 9.79 Å². The van der Waals surface area contributed by atoms with Crippen molar-refractivity contribution >= 4 is 88.3 Å². The number of H-pyrrole nitrogens is 2. The van der Waals surface area contributed by atoms with E-state index in [1.807, 2.05) is 0 Å². The van der Waals surface area contributed by atoms with Gasteiger partial charge in [0.25, 0.3) is 25.9 Å². The van der Waals surface area contributed by atoms with Gasteiger partial charge in [-0.1, -0.05) is 34.8 Å². The van der Waals surface area contributed by atoms with E-state index >= 15 is 0 Å². The number of sulfonamides is 2. The molecule has 0 aliphatic rings. The third-order valence-electron chi connectivity index (χ3n) is 6.39. The van der Waals surface area contributed by atoms with E-state index in [1.54, 1.807) is 0 Å². The van der Waals surface area contributed by atoms with Gasteiger partial charge >= 0.3 is 0 Å². The molecular weight excluding hydrogens is 757 g/mol.